The number of amides is 5. The third-order valence-corrected chi connectivity index (χ3v) is 15.1. The predicted octanol–water partition coefficient (Wildman–Crippen LogP) is 4.78. The molecular formula is C46H49ClN8O5. The molecule has 3 aromatic carbocycles. The molecule has 7 aliphatic heterocycles. The fourth-order valence-corrected chi connectivity index (χ4v) is 11.4. The zero-order chi connectivity index (χ0) is 41.3. The minimum absolute atomic E-state index is 0.0937. The topological polar surface area (TPSA) is 141 Å². The van der Waals surface area contributed by atoms with E-state index in [0.717, 1.165) is 119 Å². The molecule has 60 heavy (non-hydrogen) atoms. The van der Waals surface area contributed by atoms with E-state index in [2.05, 4.69) is 48.0 Å². The molecule has 310 valence electrons. The van der Waals surface area contributed by atoms with Crippen molar-refractivity contribution in [2.45, 2.75) is 57.0 Å². The highest BCUT2D eigenvalue weighted by Crippen LogP contribution is 2.43. The molecule has 0 bridgehead atoms. The number of carbonyl (C=O) groups excluding carboxylic acids is 5. The molecule has 0 aromatic heterocycles. The van der Waals surface area contributed by atoms with E-state index in [1.807, 2.05) is 36.4 Å². The number of nitriles is 1. The van der Waals surface area contributed by atoms with Crippen LogP contribution in [0.25, 0.3) is 0 Å². The summed E-state index contributed by atoms with van der Waals surface area (Å²) in [6.45, 7) is 9.24. The maximum atomic E-state index is 13.7. The lowest BCUT2D eigenvalue weighted by Gasteiger charge is -2.40. The average Bonchev–Trinajstić information content (AvgIpc) is 4.03. The Hall–Kier alpha value is -5.45. The van der Waals surface area contributed by atoms with Crippen LogP contribution in [0.15, 0.2) is 60.7 Å². The van der Waals surface area contributed by atoms with Crippen LogP contribution in [0.1, 0.15) is 81.6 Å². The third kappa shape index (κ3) is 6.87. The van der Waals surface area contributed by atoms with E-state index in [4.69, 9.17) is 11.6 Å². The van der Waals surface area contributed by atoms with Gasteiger partial charge < -0.3 is 19.6 Å². The van der Waals surface area contributed by atoms with Crippen LogP contribution in [0.3, 0.4) is 0 Å². The van der Waals surface area contributed by atoms with Crippen molar-refractivity contribution in [2.75, 3.05) is 80.1 Å². The average molecular weight is 829 g/mol. The molecule has 6 saturated heterocycles. The van der Waals surface area contributed by atoms with Gasteiger partial charge in [-0.05, 0) is 116 Å². The lowest BCUT2D eigenvalue weighted by Crippen LogP contribution is -2.54. The summed E-state index contributed by atoms with van der Waals surface area (Å²) in [5.74, 6) is -0.892. The highest BCUT2D eigenvalue weighted by atomic mass is 35.5. The van der Waals surface area contributed by atoms with E-state index in [0.29, 0.717) is 39.6 Å². The summed E-state index contributed by atoms with van der Waals surface area (Å²) in [6, 6.07) is 21.0. The SMILES string of the molecule is N#Cc1ccc(N2CCC3(CCN(c4ccc(C(=O)N5C[C@H]6CN(C7CCN(c8ccc9c(c8)C(=O)N(C8CCC(=O)NC8=O)C9=O)CC7)C[C@@H]6C5)cc4)CC3)C2)cc1Cl. The molecule has 0 saturated carbocycles. The molecule has 1 unspecified atom stereocenters. The number of piperidine rings is 3. The van der Waals surface area contributed by atoms with Crippen LogP contribution in [-0.4, -0.2) is 122 Å². The van der Waals surface area contributed by atoms with E-state index < -0.39 is 23.8 Å². The Labute approximate surface area is 354 Å². The molecule has 0 radical (unpaired) electrons. The fourth-order valence-electron chi connectivity index (χ4n) is 11.2. The second-order valence-electron chi connectivity index (χ2n) is 18.1. The quantitative estimate of drug-likeness (QED) is 0.346. The minimum Gasteiger partial charge on any atom is -0.371 e. The van der Waals surface area contributed by atoms with Gasteiger partial charge in [0.2, 0.25) is 11.8 Å². The Morgan fingerprint density at radius 2 is 1.33 bits per heavy atom. The minimum atomic E-state index is -0.972. The number of nitrogens with zero attached hydrogens (tertiary/aromatic N) is 7. The van der Waals surface area contributed by atoms with Crippen molar-refractivity contribution in [3.05, 3.63) is 87.9 Å². The zero-order valence-corrected chi connectivity index (χ0v) is 34.4. The molecule has 5 amide bonds. The lowest BCUT2D eigenvalue weighted by molar-refractivity contribution is -0.136. The van der Waals surface area contributed by atoms with E-state index in [9.17, 15) is 29.2 Å². The zero-order valence-electron chi connectivity index (χ0n) is 33.7. The van der Waals surface area contributed by atoms with Crippen molar-refractivity contribution in [3.8, 4) is 6.07 Å². The number of halogens is 1. The molecule has 1 spiro atoms. The van der Waals surface area contributed by atoms with Gasteiger partial charge in [-0.15, -0.1) is 0 Å². The Kier molecular flexibility index (Phi) is 9.83. The van der Waals surface area contributed by atoms with E-state index in [-0.39, 0.29) is 30.1 Å². The van der Waals surface area contributed by atoms with Crippen LogP contribution >= 0.6 is 11.6 Å². The second-order valence-corrected chi connectivity index (χ2v) is 18.5. The predicted molar refractivity (Wildman–Crippen MR) is 226 cm³/mol. The molecule has 7 aliphatic rings. The summed E-state index contributed by atoms with van der Waals surface area (Å²) in [5.41, 5.74) is 5.33. The van der Waals surface area contributed by atoms with Crippen LogP contribution in [0, 0.1) is 28.6 Å². The Morgan fingerprint density at radius 1 is 0.717 bits per heavy atom. The number of hydrogen-bond donors (Lipinski definition) is 1. The van der Waals surface area contributed by atoms with Gasteiger partial charge in [-0.1, -0.05) is 11.6 Å². The molecule has 1 N–H and O–H groups in total. The van der Waals surface area contributed by atoms with Gasteiger partial charge in [0.25, 0.3) is 17.7 Å². The van der Waals surface area contributed by atoms with Gasteiger partial charge in [0.1, 0.15) is 12.1 Å². The molecule has 13 nitrogen and oxygen atoms in total. The van der Waals surface area contributed by atoms with Crippen molar-refractivity contribution in [3.63, 3.8) is 0 Å². The molecule has 10 rings (SSSR count). The number of hydrogen-bond acceptors (Lipinski definition) is 10. The highest BCUT2D eigenvalue weighted by Gasteiger charge is 2.46. The number of imide groups is 2. The first kappa shape index (κ1) is 38.7. The smallest absolute Gasteiger partial charge is 0.262 e. The monoisotopic (exact) mass is 828 g/mol. The molecule has 3 aromatic rings. The van der Waals surface area contributed by atoms with Crippen LogP contribution in [0.4, 0.5) is 17.1 Å². The Balaban J connectivity index is 0.684. The number of likely N-dealkylation sites (tertiary alicyclic amines) is 2. The van der Waals surface area contributed by atoms with Crippen LogP contribution in [0.5, 0.6) is 0 Å². The maximum absolute atomic E-state index is 13.7. The highest BCUT2D eigenvalue weighted by molar-refractivity contribution is 6.32. The first-order valence-corrected chi connectivity index (χ1v) is 21.9. The summed E-state index contributed by atoms with van der Waals surface area (Å²) >= 11 is 6.34. The summed E-state index contributed by atoms with van der Waals surface area (Å²) in [5, 5.41) is 12.0. The molecule has 0 aliphatic carbocycles. The van der Waals surface area contributed by atoms with Crippen molar-refractivity contribution in [2.24, 2.45) is 17.3 Å². The first-order valence-electron chi connectivity index (χ1n) is 21.5. The first-order chi connectivity index (χ1) is 29.1. The Morgan fingerprint density at radius 3 is 2.00 bits per heavy atom. The van der Waals surface area contributed by atoms with Crippen molar-refractivity contribution in [1.29, 1.82) is 5.26 Å². The number of benzene rings is 3. The third-order valence-electron chi connectivity index (χ3n) is 14.8. The van der Waals surface area contributed by atoms with Crippen LogP contribution < -0.4 is 20.0 Å². The van der Waals surface area contributed by atoms with Gasteiger partial charge >= 0.3 is 0 Å². The van der Waals surface area contributed by atoms with Gasteiger partial charge in [0, 0.05) is 101 Å². The fraction of sp³-hybridized carbons (Fsp3) is 0.478. The van der Waals surface area contributed by atoms with Gasteiger partial charge in [-0.2, -0.15) is 5.26 Å². The number of carbonyl (C=O) groups is 5. The molecule has 14 heteroatoms. The Bertz CT molecular complexity index is 2300. The molecule has 6 fully saturated rings. The largest absolute Gasteiger partial charge is 0.371 e. The summed E-state index contributed by atoms with van der Waals surface area (Å²) < 4.78 is 0. The maximum Gasteiger partial charge on any atom is 0.262 e. The van der Waals surface area contributed by atoms with Crippen LogP contribution in [0.2, 0.25) is 5.02 Å². The summed E-state index contributed by atoms with van der Waals surface area (Å²) in [6.07, 6.45) is 5.61. The lowest BCUT2D eigenvalue weighted by atomic mass is 9.77. The number of fused-ring (bicyclic) bond motifs is 2. The van der Waals surface area contributed by atoms with Gasteiger partial charge in [0.15, 0.2) is 0 Å². The summed E-state index contributed by atoms with van der Waals surface area (Å²) in [4.78, 5) is 77.2. The second kappa shape index (κ2) is 15.2. The van der Waals surface area contributed by atoms with Crippen molar-refractivity contribution >= 4 is 58.2 Å². The molecule has 7 heterocycles. The van der Waals surface area contributed by atoms with Gasteiger partial charge in [-0.25, -0.2) is 0 Å². The summed E-state index contributed by atoms with van der Waals surface area (Å²) in [7, 11) is 0. The van der Waals surface area contributed by atoms with E-state index in [1.54, 1.807) is 12.1 Å². The van der Waals surface area contributed by atoms with Crippen LogP contribution in [-0.2, 0) is 9.59 Å². The number of nitrogens with one attached hydrogen (secondary N) is 1. The van der Waals surface area contributed by atoms with Crippen molar-refractivity contribution < 1.29 is 24.0 Å². The number of rotatable bonds is 6. The molecule has 3 atom stereocenters. The van der Waals surface area contributed by atoms with E-state index in [1.165, 1.54) is 5.69 Å². The van der Waals surface area contributed by atoms with Gasteiger partial charge in [0.05, 0.1) is 21.7 Å². The normalized spacial score (nSPS) is 25.6. The van der Waals surface area contributed by atoms with E-state index >= 15 is 0 Å². The van der Waals surface area contributed by atoms with Gasteiger partial charge in [-0.3, -0.25) is 39.1 Å². The standard InChI is InChI=1S/C46H49ClN8O5/c47-39-22-36(6-3-30(39)23-48)52-20-15-46(28-52)13-18-51(19-14-46)33-4-1-29(2-5-33)43(58)54-26-31-24-53(25-32(31)27-54)34-11-16-50(17-12-34)35-7-8-37-38(21-35)45(60)55(44(37)59)40-9-10-41(56)49-42(40)57/h1-8,21-22,31-32,34,40H,9-20,24-28H2,(H,49,56,57)/t31-,32-,40?/m1/s1. The van der Waals surface area contributed by atoms with Crippen molar-refractivity contribution in [1.82, 2.24) is 20.0 Å². The molecular weight excluding hydrogens is 780 g/mol. The number of anilines is 3.